The number of guanidine groups is 2. The Balaban J connectivity index is 1.44. The van der Waals surface area contributed by atoms with E-state index in [1.54, 1.807) is 12.1 Å². The Kier molecular flexibility index (Phi) is 26.2. The van der Waals surface area contributed by atoms with Gasteiger partial charge in [0.15, 0.2) is 11.9 Å². The van der Waals surface area contributed by atoms with E-state index in [2.05, 4.69) is 87.7 Å². The third-order valence-corrected chi connectivity index (χ3v) is 11.8. The van der Waals surface area contributed by atoms with Gasteiger partial charge in [0.2, 0.25) is 53.2 Å². The minimum absolute atomic E-state index is 0.000114. The number of phenols is 1. The molecule has 3 heterocycles. The van der Waals surface area contributed by atoms with Gasteiger partial charge in [0.1, 0.15) is 48.5 Å². The van der Waals surface area contributed by atoms with Crippen LogP contribution in [0.3, 0.4) is 0 Å². The maximum absolute atomic E-state index is 14.4. The minimum Gasteiger partial charge on any atom is -0.508 e. The first-order valence-corrected chi connectivity index (χ1v) is 25.5. The highest BCUT2D eigenvalue weighted by Gasteiger charge is 2.33. The second-order valence-corrected chi connectivity index (χ2v) is 18.4. The minimum atomic E-state index is -1.45. The Morgan fingerprint density at radius 1 is 0.512 bits per heavy atom. The molecule has 0 bridgehead atoms. The van der Waals surface area contributed by atoms with E-state index in [0.29, 0.717) is 22.6 Å². The van der Waals surface area contributed by atoms with Crippen LogP contribution in [0.1, 0.15) is 55.3 Å². The first kappa shape index (κ1) is 64.4. The molecule has 0 radical (unpaired) electrons. The van der Waals surface area contributed by atoms with E-state index in [0.717, 1.165) is 0 Å². The Morgan fingerprint density at radius 3 is 1.40 bits per heavy atom. The number of phenolic OH excluding ortho intramolecular Hbond substituents is 1. The van der Waals surface area contributed by atoms with Crippen LogP contribution in [0.2, 0.25) is 0 Å². The summed E-state index contributed by atoms with van der Waals surface area (Å²) in [7, 11) is 0. The molecule has 82 heavy (non-hydrogen) atoms. The number of nitrogens with two attached hydrogens (primary N) is 5. The lowest BCUT2D eigenvalue weighted by Crippen LogP contribution is -2.60. The van der Waals surface area contributed by atoms with Gasteiger partial charge in [-0.2, -0.15) is 0 Å². The number of carbonyl (C=O) groups excluding carboxylic acids is 9. The molecule has 3 aromatic heterocycles. The molecule has 34 nitrogen and oxygen atoms in total. The maximum Gasteiger partial charge on any atom is 0.322 e. The third kappa shape index (κ3) is 23.8. The summed E-state index contributed by atoms with van der Waals surface area (Å²) in [6.45, 7) is -0.605. The molecule has 24 N–H and O–H groups in total. The second kappa shape index (κ2) is 33.3. The Morgan fingerprint density at radius 2 is 0.927 bits per heavy atom. The number of carbonyl (C=O) groups is 10. The van der Waals surface area contributed by atoms with Crippen molar-refractivity contribution in [1.29, 1.82) is 0 Å². The molecule has 4 aromatic rings. The maximum atomic E-state index is 14.4. The van der Waals surface area contributed by atoms with Crippen LogP contribution in [0, 0.1) is 0 Å². The van der Waals surface area contributed by atoms with E-state index in [9.17, 15) is 53.1 Å². The zero-order chi connectivity index (χ0) is 60.1. The van der Waals surface area contributed by atoms with Crippen LogP contribution >= 0.6 is 0 Å². The topological polar surface area (TPSA) is 560 Å². The number of aromatic amines is 3. The van der Waals surface area contributed by atoms with Crippen LogP contribution in [0.4, 0.5) is 0 Å². The number of carboxylic acid groups (broad SMARTS) is 1. The fourth-order valence-electron chi connectivity index (χ4n) is 7.56. The van der Waals surface area contributed by atoms with Crippen molar-refractivity contribution >= 4 is 71.1 Å². The van der Waals surface area contributed by atoms with E-state index >= 15 is 0 Å². The number of amides is 9. The van der Waals surface area contributed by atoms with Crippen molar-refractivity contribution in [2.45, 2.75) is 101 Å². The number of imidazole rings is 3. The summed E-state index contributed by atoms with van der Waals surface area (Å²) >= 11 is 0. The number of hydrogen-bond donors (Lipinski definition) is 19. The highest BCUT2D eigenvalue weighted by molar-refractivity contribution is 5.97. The van der Waals surface area contributed by atoms with Gasteiger partial charge in [-0.25, -0.2) is 15.0 Å². The van der Waals surface area contributed by atoms with Crippen LogP contribution in [0.25, 0.3) is 0 Å². The van der Waals surface area contributed by atoms with Crippen LogP contribution in [0.15, 0.2) is 71.8 Å². The number of aromatic hydroxyl groups is 1. The molecule has 0 aliphatic carbocycles. The number of rotatable bonds is 35. The van der Waals surface area contributed by atoms with Gasteiger partial charge in [-0.3, -0.25) is 57.9 Å². The molecule has 4 rings (SSSR count). The third-order valence-electron chi connectivity index (χ3n) is 11.8. The van der Waals surface area contributed by atoms with Crippen molar-refractivity contribution in [3.05, 3.63) is 84.5 Å². The number of aliphatic carboxylic acids is 1. The smallest absolute Gasteiger partial charge is 0.322 e. The van der Waals surface area contributed by atoms with Crippen molar-refractivity contribution in [2.24, 2.45) is 38.7 Å². The second-order valence-electron chi connectivity index (χ2n) is 18.4. The van der Waals surface area contributed by atoms with E-state index in [4.69, 9.17) is 33.8 Å². The molecule has 0 aliphatic heterocycles. The zero-order valence-corrected chi connectivity index (χ0v) is 44.6. The normalized spacial score (nSPS) is 13.3. The fourth-order valence-corrected chi connectivity index (χ4v) is 7.56. The molecular formula is C48H70N22O12. The van der Waals surface area contributed by atoms with Crippen molar-refractivity contribution < 1.29 is 58.2 Å². The van der Waals surface area contributed by atoms with E-state index < -0.39 is 121 Å². The number of aromatic nitrogens is 6. The van der Waals surface area contributed by atoms with Crippen LogP contribution < -0.4 is 76.5 Å². The zero-order valence-electron chi connectivity index (χ0n) is 44.6. The van der Waals surface area contributed by atoms with E-state index in [-0.39, 0.29) is 82.1 Å². The first-order valence-electron chi connectivity index (χ1n) is 25.5. The lowest BCUT2D eigenvalue weighted by atomic mass is 10.0. The number of nitrogens with zero attached hydrogens (tertiary/aromatic N) is 5. The van der Waals surface area contributed by atoms with Gasteiger partial charge >= 0.3 is 5.97 Å². The van der Waals surface area contributed by atoms with Crippen molar-refractivity contribution in [3.63, 3.8) is 0 Å². The highest BCUT2D eigenvalue weighted by Crippen LogP contribution is 2.12. The summed E-state index contributed by atoms with van der Waals surface area (Å²) in [5, 5.41) is 40.9. The van der Waals surface area contributed by atoms with Gasteiger partial charge in [0.05, 0.1) is 38.1 Å². The molecule has 0 aliphatic rings. The highest BCUT2D eigenvalue weighted by atomic mass is 16.4. The monoisotopic (exact) mass is 1150 g/mol. The predicted molar refractivity (Wildman–Crippen MR) is 290 cm³/mol. The van der Waals surface area contributed by atoms with Crippen molar-refractivity contribution in [3.8, 4) is 5.75 Å². The summed E-state index contributed by atoms with van der Waals surface area (Å²) in [6.07, 6.45) is 8.04. The quantitative estimate of drug-likeness (QED) is 0.0116. The van der Waals surface area contributed by atoms with Crippen LogP contribution in [-0.4, -0.2) is 186 Å². The summed E-state index contributed by atoms with van der Waals surface area (Å²) in [6, 6.07) is -3.26. The molecular weight excluding hydrogens is 1080 g/mol. The SMILES string of the molecule is C[C@H](NC(=O)[C@H](Cc1cnc[nH]1)NC(=O)[C@H](Cc1cnc[nH]1)NC(=O)[C@H](CCCN=C(N)N)NC(=O)[C@@H](N)Cc1ccc(O)cc1)C(=O)N[C@@H](Cc1cnc[nH]1)C(=O)NCC(=O)NCC(=O)N[C@@H](CCCN=C(N)N)C(=O)NCC(=O)O. The summed E-state index contributed by atoms with van der Waals surface area (Å²) in [4.78, 5) is 161. The lowest BCUT2D eigenvalue weighted by molar-refractivity contribution is -0.138. The van der Waals surface area contributed by atoms with E-state index in [1.165, 1.54) is 56.6 Å². The molecule has 7 atom stereocenters. The molecule has 0 saturated heterocycles. The molecule has 1 aromatic carbocycles. The Hall–Kier alpha value is -10.1. The van der Waals surface area contributed by atoms with Gasteiger partial charge < -0.3 is 102 Å². The van der Waals surface area contributed by atoms with Gasteiger partial charge in [-0.1, -0.05) is 12.1 Å². The predicted octanol–water partition coefficient (Wildman–Crippen LogP) is -7.37. The summed E-state index contributed by atoms with van der Waals surface area (Å²) < 4.78 is 0. The average Bonchev–Trinajstić information content (AvgIpc) is 4.27. The molecule has 34 heteroatoms. The molecule has 444 valence electrons. The summed E-state index contributed by atoms with van der Waals surface area (Å²) in [5.41, 5.74) is 29.6. The Labute approximate surface area is 468 Å². The van der Waals surface area contributed by atoms with E-state index in [1.807, 2.05) is 0 Å². The standard InChI is InChI=1S/C48H70N22O12/c1-25(40(76)68-34(13-27-16-54-22-62-27)43(79)60-19-37(72)59-20-38(73)66-32(4-2-10-57-47(50)51)42(78)61-21-39(74)75)65-45(81)35(14-28-17-55-23-63-28)70-46(82)36(15-29-18-56-24-64-29)69-44(80)33(5-3-11-58-48(52)53)67-41(77)31(49)12-26-6-8-30(71)9-7-26/h6-9,16-18,22-25,31-36,71H,2-5,10-15,19-21,49H2,1H3,(H,54,62)(H,55,63)(H,56,64)(H,59,72)(H,60,79)(H,61,78)(H,65,81)(H,66,73)(H,67,77)(H,68,76)(H,69,80)(H,70,82)(H,74,75)(H4,50,51,57)(H4,52,53,58)/t25-,31-,32-,33-,34-,35-,36-/m0/s1. The van der Waals surface area contributed by atoms with Crippen molar-refractivity contribution in [2.75, 3.05) is 32.7 Å². The summed E-state index contributed by atoms with van der Waals surface area (Å²) in [5.74, 6) is -9.28. The van der Waals surface area contributed by atoms with Crippen LogP contribution in [-0.2, 0) is 73.6 Å². The number of benzene rings is 1. The fraction of sp³-hybridized carbons (Fsp3) is 0.438. The van der Waals surface area contributed by atoms with Gasteiger partial charge in [0.25, 0.3) is 0 Å². The number of H-pyrrole nitrogens is 3. The number of hydrogen-bond acceptors (Lipinski definition) is 17. The first-order chi connectivity index (χ1) is 39.1. The average molecular weight is 1150 g/mol. The van der Waals surface area contributed by atoms with Gasteiger partial charge in [-0.05, 0) is 56.7 Å². The van der Waals surface area contributed by atoms with Crippen LogP contribution in [0.5, 0.6) is 5.75 Å². The number of nitrogens with one attached hydrogen (secondary N) is 12. The molecule has 0 saturated carbocycles. The molecule has 0 unspecified atom stereocenters. The van der Waals surface area contributed by atoms with Gasteiger partial charge in [0, 0.05) is 68.0 Å². The molecule has 9 amide bonds. The number of carboxylic acids is 1. The Bertz CT molecular complexity index is 2800. The molecule has 0 fully saturated rings. The number of aliphatic imine (C=N–C) groups is 2. The molecule has 0 spiro atoms. The largest absolute Gasteiger partial charge is 0.508 e. The van der Waals surface area contributed by atoms with Gasteiger partial charge in [-0.15, -0.1) is 0 Å². The van der Waals surface area contributed by atoms with Crippen molar-refractivity contribution in [1.82, 2.24) is 77.8 Å². The lowest BCUT2D eigenvalue weighted by Gasteiger charge is -2.26.